The fraction of sp³-hybridized carbons (Fsp3) is 0.700. The van der Waals surface area contributed by atoms with E-state index in [0.29, 0.717) is 11.3 Å². The van der Waals surface area contributed by atoms with Crippen molar-refractivity contribution >= 4 is 0 Å². The largest absolute Gasteiger partial charge is 0.385 e. The Hall–Kier alpha value is -0.820. The van der Waals surface area contributed by atoms with E-state index in [1.54, 1.807) is 0 Å². The van der Waals surface area contributed by atoms with Crippen LogP contribution in [-0.4, -0.2) is 5.11 Å². The zero-order chi connectivity index (χ0) is 14.9. The minimum absolute atomic E-state index is 0.569. The number of benzene rings is 1. The summed E-state index contributed by atoms with van der Waals surface area (Å²) < 4.78 is 0. The second kappa shape index (κ2) is 5.76. The molecule has 116 valence electrons. The highest BCUT2D eigenvalue weighted by atomic mass is 16.3. The van der Waals surface area contributed by atoms with Crippen LogP contribution in [0.5, 0.6) is 0 Å². The van der Waals surface area contributed by atoms with Gasteiger partial charge in [0.05, 0.1) is 5.60 Å². The normalized spacial score (nSPS) is 23.8. The van der Waals surface area contributed by atoms with Crippen molar-refractivity contribution in [3.63, 3.8) is 0 Å². The zero-order valence-corrected chi connectivity index (χ0v) is 13.7. The molecule has 0 saturated heterocycles. The lowest BCUT2D eigenvalue weighted by Crippen LogP contribution is -2.36. The third-order valence-electron chi connectivity index (χ3n) is 5.91. The quantitative estimate of drug-likeness (QED) is 0.809. The first-order chi connectivity index (χ1) is 10.0. The first-order valence-electron chi connectivity index (χ1n) is 8.83. The second-order valence-corrected chi connectivity index (χ2v) is 8.04. The Bertz CT molecular complexity index is 472. The Morgan fingerprint density at radius 1 is 1.00 bits per heavy atom. The van der Waals surface area contributed by atoms with E-state index in [0.717, 1.165) is 24.8 Å². The molecule has 1 nitrogen and oxygen atoms in total. The molecule has 0 bridgehead atoms. The highest BCUT2D eigenvalue weighted by Gasteiger charge is 2.43. The van der Waals surface area contributed by atoms with Crippen molar-refractivity contribution in [2.75, 3.05) is 0 Å². The minimum atomic E-state index is -0.569. The predicted octanol–water partition coefficient (Wildman–Crippen LogP) is 5.21. The number of aliphatic hydroxyl groups is 1. The molecule has 2 aliphatic carbocycles. The Kier molecular flexibility index (Phi) is 4.14. The van der Waals surface area contributed by atoms with Crippen LogP contribution in [0.25, 0.3) is 0 Å². The molecule has 0 aromatic heterocycles. The summed E-state index contributed by atoms with van der Waals surface area (Å²) in [6.45, 7) is 4.51. The average Bonchev–Trinajstić information content (AvgIpc) is 2.91. The minimum Gasteiger partial charge on any atom is -0.385 e. The van der Waals surface area contributed by atoms with Gasteiger partial charge in [0.2, 0.25) is 0 Å². The van der Waals surface area contributed by atoms with E-state index in [1.165, 1.54) is 44.1 Å². The fourth-order valence-electron chi connectivity index (χ4n) is 4.57. The molecule has 1 spiro atoms. The Balaban J connectivity index is 1.74. The summed E-state index contributed by atoms with van der Waals surface area (Å²) in [6, 6.07) is 8.72. The van der Waals surface area contributed by atoms with Crippen molar-refractivity contribution in [3.05, 3.63) is 35.4 Å². The highest BCUT2D eigenvalue weighted by Crippen LogP contribution is 2.53. The maximum Gasteiger partial charge on any atom is 0.0897 e. The Labute approximate surface area is 129 Å². The van der Waals surface area contributed by atoms with Crippen molar-refractivity contribution in [1.29, 1.82) is 0 Å². The van der Waals surface area contributed by atoms with Crippen LogP contribution >= 0.6 is 0 Å². The molecule has 3 rings (SSSR count). The van der Waals surface area contributed by atoms with E-state index in [9.17, 15) is 5.11 Å². The van der Waals surface area contributed by atoms with Crippen molar-refractivity contribution in [3.8, 4) is 0 Å². The van der Waals surface area contributed by atoms with Crippen molar-refractivity contribution < 1.29 is 5.11 Å². The number of rotatable bonds is 3. The van der Waals surface area contributed by atoms with Gasteiger partial charge in [0.15, 0.2) is 0 Å². The van der Waals surface area contributed by atoms with Crippen LogP contribution in [0.2, 0.25) is 0 Å². The van der Waals surface area contributed by atoms with E-state index in [-0.39, 0.29) is 0 Å². The lowest BCUT2D eigenvalue weighted by atomic mass is 9.66. The summed E-state index contributed by atoms with van der Waals surface area (Å²) in [5.74, 6) is 0.669. The SMILES string of the molecule is CC(C)Cc1cccc(C2(O)CCC3(CCCC3)CC2)c1. The number of hydrogen-bond donors (Lipinski definition) is 1. The van der Waals surface area contributed by atoms with Gasteiger partial charge in [-0.05, 0) is 67.4 Å². The van der Waals surface area contributed by atoms with Gasteiger partial charge in [-0.25, -0.2) is 0 Å². The molecule has 0 unspecified atom stereocenters. The van der Waals surface area contributed by atoms with Crippen LogP contribution in [0, 0.1) is 11.3 Å². The van der Waals surface area contributed by atoms with Crippen LogP contribution in [0.1, 0.15) is 76.3 Å². The molecule has 1 aromatic carbocycles. The molecule has 2 aliphatic rings. The summed E-state index contributed by atoms with van der Waals surface area (Å²) in [5, 5.41) is 11.1. The molecule has 0 amide bonds. The Morgan fingerprint density at radius 2 is 1.67 bits per heavy atom. The van der Waals surface area contributed by atoms with Gasteiger partial charge >= 0.3 is 0 Å². The summed E-state index contributed by atoms with van der Waals surface area (Å²) in [4.78, 5) is 0. The van der Waals surface area contributed by atoms with Gasteiger partial charge in [0.25, 0.3) is 0 Å². The molecular formula is C20H30O. The van der Waals surface area contributed by atoms with Gasteiger partial charge < -0.3 is 5.11 Å². The standard InChI is InChI=1S/C20H30O/c1-16(2)14-17-6-5-7-18(15-17)20(21)12-10-19(11-13-20)8-3-4-9-19/h5-7,15-16,21H,3-4,8-14H2,1-2H3. The number of hydrogen-bond acceptors (Lipinski definition) is 1. The average molecular weight is 286 g/mol. The van der Waals surface area contributed by atoms with Crippen molar-refractivity contribution in [2.24, 2.45) is 11.3 Å². The summed E-state index contributed by atoms with van der Waals surface area (Å²) in [7, 11) is 0. The second-order valence-electron chi connectivity index (χ2n) is 8.04. The molecule has 1 heteroatoms. The predicted molar refractivity (Wildman–Crippen MR) is 88.2 cm³/mol. The molecule has 2 saturated carbocycles. The maximum atomic E-state index is 11.1. The van der Waals surface area contributed by atoms with Crippen LogP contribution in [-0.2, 0) is 12.0 Å². The topological polar surface area (TPSA) is 20.2 Å². The third-order valence-corrected chi connectivity index (χ3v) is 5.91. The van der Waals surface area contributed by atoms with E-state index in [2.05, 4.69) is 38.1 Å². The van der Waals surface area contributed by atoms with Crippen LogP contribution in [0.15, 0.2) is 24.3 Å². The van der Waals surface area contributed by atoms with E-state index in [1.807, 2.05) is 0 Å². The van der Waals surface area contributed by atoms with Gasteiger partial charge in [-0.2, -0.15) is 0 Å². The maximum absolute atomic E-state index is 11.1. The van der Waals surface area contributed by atoms with Gasteiger partial charge in [-0.3, -0.25) is 0 Å². The molecule has 0 heterocycles. The van der Waals surface area contributed by atoms with E-state index < -0.39 is 5.60 Å². The molecule has 0 radical (unpaired) electrons. The molecule has 0 aliphatic heterocycles. The summed E-state index contributed by atoms with van der Waals surface area (Å²) >= 11 is 0. The smallest absolute Gasteiger partial charge is 0.0897 e. The van der Waals surface area contributed by atoms with Gasteiger partial charge in [0.1, 0.15) is 0 Å². The first kappa shape index (κ1) is 15.1. The van der Waals surface area contributed by atoms with E-state index in [4.69, 9.17) is 0 Å². The molecular weight excluding hydrogens is 256 g/mol. The zero-order valence-electron chi connectivity index (χ0n) is 13.7. The van der Waals surface area contributed by atoms with Gasteiger partial charge in [-0.15, -0.1) is 0 Å². The monoisotopic (exact) mass is 286 g/mol. The molecule has 1 aromatic rings. The van der Waals surface area contributed by atoms with E-state index >= 15 is 0 Å². The molecule has 0 atom stereocenters. The molecule has 1 N–H and O–H groups in total. The lowest BCUT2D eigenvalue weighted by molar-refractivity contribution is -0.0376. The van der Waals surface area contributed by atoms with Crippen LogP contribution in [0.4, 0.5) is 0 Å². The van der Waals surface area contributed by atoms with Gasteiger partial charge in [-0.1, -0.05) is 51.0 Å². The first-order valence-corrected chi connectivity index (χ1v) is 8.83. The van der Waals surface area contributed by atoms with Crippen molar-refractivity contribution in [1.82, 2.24) is 0 Å². The lowest BCUT2D eigenvalue weighted by Gasteiger charge is -2.42. The summed E-state index contributed by atoms with van der Waals surface area (Å²) in [5.41, 5.74) is 2.55. The fourth-order valence-corrected chi connectivity index (χ4v) is 4.57. The van der Waals surface area contributed by atoms with Crippen LogP contribution < -0.4 is 0 Å². The van der Waals surface area contributed by atoms with Crippen LogP contribution in [0.3, 0.4) is 0 Å². The van der Waals surface area contributed by atoms with Gasteiger partial charge in [0, 0.05) is 0 Å². The molecule has 2 fully saturated rings. The Morgan fingerprint density at radius 3 is 2.29 bits per heavy atom. The summed E-state index contributed by atoms with van der Waals surface area (Å²) in [6.07, 6.45) is 11.1. The highest BCUT2D eigenvalue weighted by molar-refractivity contribution is 5.29. The molecule has 21 heavy (non-hydrogen) atoms. The third kappa shape index (κ3) is 3.18. The van der Waals surface area contributed by atoms with Crippen molar-refractivity contribution in [2.45, 2.75) is 77.2 Å².